The summed E-state index contributed by atoms with van der Waals surface area (Å²) in [6, 6.07) is 1.99. The van der Waals surface area contributed by atoms with Gasteiger partial charge in [-0.3, -0.25) is 0 Å². The highest BCUT2D eigenvalue weighted by Crippen LogP contribution is 2.40. The number of pyridine rings is 1. The van der Waals surface area contributed by atoms with E-state index in [-0.39, 0.29) is 22.1 Å². The average Bonchev–Trinajstić information content (AvgIpc) is 2.74. The molecule has 0 saturated carbocycles. The molecule has 5 nitrogen and oxygen atoms in total. The second-order valence-corrected chi connectivity index (χ2v) is 5.69. The molecule has 0 saturated heterocycles. The number of rotatable bonds is 1. The third kappa shape index (κ3) is 2.06. The first-order valence-corrected chi connectivity index (χ1v) is 6.61. The molecule has 2 aromatic heterocycles. The van der Waals surface area contributed by atoms with Crippen molar-refractivity contribution in [3.8, 4) is 17.3 Å². The van der Waals surface area contributed by atoms with E-state index in [9.17, 15) is 0 Å². The quantitative estimate of drug-likeness (QED) is 0.618. The van der Waals surface area contributed by atoms with Crippen molar-refractivity contribution >= 4 is 51.4 Å². The van der Waals surface area contributed by atoms with E-state index in [4.69, 9.17) is 17.6 Å². The fourth-order valence-corrected chi connectivity index (χ4v) is 2.69. The van der Waals surface area contributed by atoms with E-state index in [1.54, 1.807) is 5.38 Å². The van der Waals surface area contributed by atoms with Crippen LogP contribution in [0, 0.1) is 17.9 Å². The summed E-state index contributed by atoms with van der Waals surface area (Å²) in [4.78, 5) is 11.4. The lowest BCUT2D eigenvalue weighted by Gasteiger charge is -2.08. The van der Waals surface area contributed by atoms with Crippen LogP contribution in [0.4, 0.5) is 11.5 Å². The van der Waals surface area contributed by atoms with Crippen LogP contribution in [0.3, 0.4) is 0 Å². The molecule has 88 valence electrons. The van der Waals surface area contributed by atoms with Gasteiger partial charge < -0.3 is 5.73 Å². The van der Waals surface area contributed by atoms with Gasteiger partial charge in [-0.15, -0.1) is 24.0 Å². The lowest BCUT2D eigenvalue weighted by Crippen LogP contribution is -1.97. The minimum atomic E-state index is 0.0492. The number of thiazole rings is 1. The number of nitrogens with two attached hydrogens (primary N) is 1. The van der Waals surface area contributed by atoms with Gasteiger partial charge in [0.2, 0.25) is 5.69 Å². The molecule has 2 rings (SSSR count). The predicted octanol–water partition coefficient (Wildman–Crippen LogP) is 3.26. The molecule has 0 bridgehead atoms. The number of thiol groups is 1. The molecule has 2 heterocycles. The molecule has 0 aliphatic heterocycles. The predicted molar refractivity (Wildman–Crippen MR) is 75.7 cm³/mol. The zero-order valence-electron chi connectivity index (χ0n) is 8.68. The molecule has 0 amide bonds. The number of hydrogen-bond acceptors (Lipinski definition) is 6. The van der Waals surface area contributed by atoms with E-state index in [0.717, 1.165) is 0 Å². The van der Waals surface area contributed by atoms with Crippen molar-refractivity contribution in [1.82, 2.24) is 9.97 Å². The van der Waals surface area contributed by atoms with Gasteiger partial charge in [-0.1, -0.05) is 0 Å². The Hall–Kier alpha value is -1.61. The van der Waals surface area contributed by atoms with Crippen molar-refractivity contribution in [3.63, 3.8) is 0 Å². The van der Waals surface area contributed by atoms with Crippen LogP contribution in [0.2, 0.25) is 0 Å². The molecule has 0 radical (unpaired) electrons. The minimum absolute atomic E-state index is 0.0492. The Morgan fingerprint density at radius 2 is 2.28 bits per heavy atom. The van der Waals surface area contributed by atoms with Gasteiger partial charge in [0.1, 0.15) is 16.9 Å². The topological polar surface area (TPSA) is 80.0 Å². The van der Waals surface area contributed by atoms with Gasteiger partial charge in [0.15, 0.2) is 3.92 Å². The Kier molecular flexibility index (Phi) is 3.53. The molecule has 8 heteroatoms. The van der Waals surface area contributed by atoms with E-state index in [1.807, 2.05) is 6.07 Å². The van der Waals surface area contributed by atoms with Crippen LogP contribution >= 0.6 is 39.9 Å². The molecular formula is C10H4BrN5S2. The zero-order valence-corrected chi connectivity index (χ0v) is 12.0. The molecule has 0 spiro atoms. The average molecular weight is 338 g/mol. The van der Waals surface area contributed by atoms with Gasteiger partial charge in [0.25, 0.3) is 0 Å². The maximum Gasteiger partial charge on any atom is 0.238 e. The first-order chi connectivity index (χ1) is 8.58. The Labute approximate surface area is 121 Å². The van der Waals surface area contributed by atoms with E-state index >= 15 is 0 Å². The van der Waals surface area contributed by atoms with E-state index in [0.29, 0.717) is 15.2 Å². The molecule has 0 fully saturated rings. The lowest BCUT2D eigenvalue weighted by atomic mass is 10.1. The molecule has 18 heavy (non-hydrogen) atoms. The van der Waals surface area contributed by atoms with Crippen molar-refractivity contribution in [1.29, 1.82) is 5.26 Å². The normalized spacial score (nSPS) is 9.78. The van der Waals surface area contributed by atoms with E-state index in [2.05, 4.69) is 43.4 Å². The third-order valence-electron chi connectivity index (χ3n) is 2.14. The number of nitrogen functional groups attached to an aromatic ring is 1. The second-order valence-electron chi connectivity index (χ2n) is 3.13. The monoisotopic (exact) mass is 337 g/mol. The number of aromatic nitrogens is 2. The van der Waals surface area contributed by atoms with Crippen molar-refractivity contribution in [3.05, 3.63) is 26.3 Å². The SMILES string of the molecule is [C-]#[N+]c1c(N)nc(S)c(C#N)c1-c1csc(Br)n1. The van der Waals surface area contributed by atoms with Crippen molar-refractivity contribution in [2.45, 2.75) is 5.03 Å². The number of nitrogens with zero attached hydrogens (tertiary/aromatic N) is 4. The highest BCUT2D eigenvalue weighted by Gasteiger charge is 2.20. The summed E-state index contributed by atoms with van der Waals surface area (Å²) >= 11 is 8.70. The fraction of sp³-hybridized carbons (Fsp3) is 0. The maximum absolute atomic E-state index is 9.16. The number of hydrogen-bond donors (Lipinski definition) is 2. The Bertz CT molecular complexity index is 672. The van der Waals surface area contributed by atoms with Crippen LogP contribution in [0.5, 0.6) is 0 Å². The van der Waals surface area contributed by atoms with Gasteiger partial charge >= 0.3 is 0 Å². The summed E-state index contributed by atoms with van der Waals surface area (Å²) in [5, 5.41) is 11.1. The molecule has 0 unspecified atom stereocenters. The first kappa shape index (κ1) is 12.8. The van der Waals surface area contributed by atoms with Crippen LogP contribution in [0.25, 0.3) is 16.1 Å². The van der Waals surface area contributed by atoms with Gasteiger partial charge in [-0.25, -0.2) is 14.8 Å². The Morgan fingerprint density at radius 3 is 2.78 bits per heavy atom. The molecular weight excluding hydrogens is 334 g/mol. The summed E-state index contributed by atoms with van der Waals surface area (Å²) in [6.07, 6.45) is 0. The summed E-state index contributed by atoms with van der Waals surface area (Å²) in [7, 11) is 0. The summed E-state index contributed by atoms with van der Waals surface area (Å²) in [5.74, 6) is 0.0492. The lowest BCUT2D eigenvalue weighted by molar-refractivity contribution is 1.13. The number of nitriles is 1. The molecule has 0 aromatic carbocycles. The van der Waals surface area contributed by atoms with Crippen molar-refractivity contribution < 1.29 is 0 Å². The first-order valence-electron chi connectivity index (χ1n) is 4.50. The summed E-state index contributed by atoms with van der Waals surface area (Å²) in [5.41, 5.74) is 6.91. The Balaban J connectivity index is 2.88. The highest BCUT2D eigenvalue weighted by atomic mass is 79.9. The van der Waals surface area contributed by atoms with Crippen LogP contribution in [0.15, 0.2) is 14.3 Å². The molecule has 0 aliphatic carbocycles. The number of anilines is 1. The van der Waals surface area contributed by atoms with Gasteiger partial charge in [-0.2, -0.15) is 5.26 Å². The van der Waals surface area contributed by atoms with Crippen LogP contribution in [0.1, 0.15) is 5.56 Å². The van der Waals surface area contributed by atoms with Gasteiger partial charge in [0.05, 0.1) is 17.8 Å². The second kappa shape index (κ2) is 4.94. The number of halogens is 1. The zero-order chi connectivity index (χ0) is 13.3. The van der Waals surface area contributed by atoms with Gasteiger partial charge in [0, 0.05) is 10.9 Å². The van der Waals surface area contributed by atoms with Gasteiger partial charge in [-0.05, 0) is 15.9 Å². The maximum atomic E-state index is 9.16. The molecule has 2 N–H and O–H groups in total. The summed E-state index contributed by atoms with van der Waals surface area (Å²) < 4.78 is 0.661. The van der Waals surface area contributed by atoms with Crippen LogP contribution in [-0.2, 0) is 0 Å². The Morgan fingerprint density at radius 1 is 1.56 bits per heavy atom. The van der Waals surface area contributed by atoms with Crippen LogP contribution in [-0.4, -0.2) is 9.97 Å². The van der Waals surface area contributed by atoms with Crippen LogP contribution < -0.4 is 5.73 Å². The molecule has 0 atom stereocenters. The molecule has 2 aromatic rings. The minimum Gasteiger partial charge on any atom is -0.392 e. The van der Waals surface area contributed by atoms with Crippen molar-refractivity contribution in [2.24, 2.45) is 0 Å². The van der Waals surface area contributed by atoms with E-state index < -0.39 is 0 Å². The summed E-state index contributed by atoms with van der Waals surface area (Å²) in [6.45, 7) is 7.16. The van der Waals surface area contributed by atoms with E-state index in [1.165, 1.54) is 11.3 Å². The third-order valence-corrected chi connectivity index (χ3v) is 3.82. The fourth-order valence-electron chi connectivity index (χ4n) is 1.42. The standard InChI is InChI=1S/C10H4BrN5S2/c1-14-7-6(5-3-18-10(11)15-5)4(2-12)9(17)16-8(7)13/h3H,(H3,13,16,17). The largest absolute Gasteiger partial charge is 0.392 e. The van der Waals surface area contributed by atoms with Crippen molar-refractivity contribution in [2.75, 3.05) is 5.73 Å². The smallest absolute Gasteiger partial charge is 0.238 e. The molecule has 0 aliphatic rings. The highest BCUT2D eigenvalue weighted by molar-refractivity contribution is 9.11.